The first-order valence-electron chi connectivity index (χ1n) is 6.15. The third-order valence-corrected chi connectivity index (χ3v) is 3.99. The molecule has 1 heterocycles. The van der Waals surface area contributed by atoms with E-state index in [2.05, 4.69) is 5.32 Å². The lowest BCUT2D eigenvalue weighted by Crippen LogP contribution is -2.20. The maximum Gasteiger partial charge on any atom is 0.295 e. The minimum atomic E-state index is -4.48. The first kappa shape index (κ1) is 14.8. The molecule has 0 saturated carbocycles. The van der Waals surface area contributed by atoms with Crippen molar-refractivity contribution in [3.05, 3.63) is 23.8 Å². The van der Waals surface area contributed by atoms with Crippen molar-refractivity contribution in [2.75, 3.05) is 18.5 Å². The summed E-state index contributed by atoms with van der Waals surface area (Å²) in [4.78, 5) is 10.8. The van der Waals surface area contributed by atoms with Gasteiger partial charge in [0.25, 0.3) is 10.1 Å². The zero-order chi connectivity index (χ0) is 14.8. The first-order valence-corrected chi connectivity index (χ1v) is 7.59. The second-order valence-corrected chi connectivity index (χ2v) is 5.96. The lowest BCUT2D eigenvalue weighted by molar-refractivity contribution is 0.0997. The van der Waals surface area contributed by atoms with Crippen LogP contribution in [-0.2, 0) is 14.9 Å². The molecule has 1 unspecified atom stereocenters. The van der Waals surface area contributed by atoms with Gasteiger partial charge in [0, 0.05) is 18.8 Å². The molecule has 2 rings (SSSR count). The number of primary amides is 1. The molecule has 0 aliphatic carbocycles. The maximum absolute atomic E-state index is 11.3. The molecule has 0 bridgehead atoms. The number of anilines is 1. The van der Waals surface area contributed by atoms with E-state index in [9.17, 15) is 13.2 Å². The second kappa shape index (κ2) is 5.78. The lowest BCUT2D eigenvalue weighted by Gasteiger charge is -2.13. The van der Waals surface area contributed by atoms with Gasteiger partial charge in [0.15, 0.2) is 0 Å². The van der Waals surface area contributed by atoms with Crippen molar-refractivity contribution in [3.8, 4) is 0 Å². The zero-order valence-electron chi connectivity index (χ0n) is 10.7. The molecular weight excluding hydrogens is 284 g/mol. The van der Waals surface area contributed by atoms with Gasteiger partial charge in [-0.2, -0.15) is 8.42 Å². The third kappa shape index (κ3) is 3.47. The van der Waals surface area contributed by atoms with Crippen molar-refractivity contribution < 1.29 is 22.5 Å². The predicted molar refractivity (Wildman–Crippen MR) is 72.2 cm³/mol. The summed E-state index contributed by atoms with van der Waals surface area (Å²) < 4.78 is 36.8. The monoisotopic (exact) mass is 300 g/mol. The molecule has 110 valence electrons. The fourth-order valence-corrected chi connectivity index (χ4v) is 2.77. The van der Waals surface area contributed by atoms with Crippen LogP contribution in [-0.4, -0.2) is 38.1 Å². The number of amides is 1. The average molecular weight is 300 g/mol. The van der Waals surface area contributed by atoms with Crippen molar-refractivity contribution >= 4 is 21.7 Å². The van der Waals surface area contributed by atoms with Crippen LogP contribution in [0.3, 0.4) is 0 Å². The Hall–Kier alpha value is -1.64. The topological polar surface area (TPSA) is 119 Å². The maximum atomic E-state index is 11.3. The van der Waals surface area contributed by atoms with Crippen LogP contribution in [0.5, 0.6) is 0 Å². The molecule has 20 heavy (non-hydrogen) atoms. The summed E-state index contributed by atoms with van der Waals surface area (Å²) in [5.41, 5.74) is 5.43. The van der Waals surface area contributed by atoms with Crippen molar-refractivity contribution in [1.82, 2.24) is 0 Å². The van der Waals surface area contributed by atoms with E-state index < -0.39 is 20.9 Å². The van der Waals surface area contributed by atoms with Crippen LogP contribution in [0.25, 0.3) is 0 Å². The number of benzene rings is 1. The molecule has 1 aromatic carbocycles. The Morgan fingerprint density at radius 2 is 2.25 bits per heavy atom. The fraction of sp³-hybridized carbons (Fsp3) is 0.417. The van der Waals surface area contributed by atoms with E-state index in [4.69, 9.17) is 15.0 Å². The summed E-state index contributed by atoms with van der Waals surface area (Å²) in [6, 6.07) is 3.91. The first-order chi connectivity index (χ1) is 9.38. The molecule has 4 N–H and O–H groups in total. The Bertz CT molecular complexity index is 608. The van der Waals surface area contributed by atoms with Gasteiger partial charge in [-0.25, -0.2) is 0 Å². The van der Waals surface area contributed by atoms with Crippen LogP contribution in [0.2, 0.25) is 0 Å². The van der Waals surface area contributed by atoms with Gasteiger partial charge >= 0.3 is 0 Å². The Kier molecular flexibility index (Phi) is 4.26. The Morgan fingerprint density at radius 3 is 2.80 bits per heavy atom. The number of rotatable bonds is 5. The molecule has 1 aromatic rings. The van der Waals surface area contributed by atoms with E-state index in [1.165, 1.54) is 12.1 Å². The number of hydrogen-bond donors (Lipinski definition) is 3. The van der Waals surface area contributed by atoms with Crippen LogP contribution < -0.4 is 11.1 Å². The lowest BCUT2D eigenvalue weighted by atomic mass is 10.2. The van der Waals surface area contributed by atoms with Crippen LogP contribution in [0.15, 0.2) is 23.1 Å². The van der Waals surface area contributed by atoms with Gasteiger partial charge < -0.3 is 15.8 Å². The Balaban J connectivity index is 2.19. The molecular formula is C12H16N2O5S. The van der Waals surface area contributed by atoms with E-state index >= 15 is 0 Å². The van der Waals surface area contributed by atoms with Crippen molar-refractivity contribution in [2.45, 2.75) is 23.8 Å². The fourth-order valence-electron chi connectivity index (χ4n) is 2.09. The molecule has 1 amide bonds. The van der Waals surface area contributed by atoms with Crippen molar-refractivity contribution in [2.24, 2.45) is 5.73 Å². The smallest absolute Gasteiger partial charge is 0.295 e. The number of hydrogen-bond acceptors (Lipinski definition) is 5. The van der Waals surface area contributed by atoms with Crippen LogP contribution in [0.1, 0.15) is 23.2 Å². The van der Waals surface area contributed by atoms with Crippen LogP contribution in [0.4, 0.5) is 5.69 Å². The van der Waals surface area contributed by atoms with Gasteiger partial charge in [-0.15, -0.1) is 0 Å². The van der Waals surface area contributed by atoms with E-state index in [1.54, 1.807) is 0 Å². The van der Waals surface area contributed by atoms with Crippen LogP contribution >= 0.6 is 0 Å². The van der Waals surface area contributed by atoms with Crippen molar-refractivity contribution in [3.63, 3.8) is 0 Å². The Labute approximate surface area is 116 Å². The molecule has 0 radical (unpaired) electrons. The molecule has 1 aliphatic heterocycles. The van der Waals surface area contributed by atoms with E-state index in [1.807, 2.05) is 0 Å². The van der Waals surface area contributed by atoms with Gasteiger partial charge in [-0.3, -0.25) is 9.35 Å². The van der Waals surface area contributed by atoms with Gasteiger partial charge in [0.05, 0.1) is 11.7 Å². The van der Waals surface area contributed by atoms with Crippen LogP contribution in [0, 0.1) is 0 Å². The number of nitrogens with one attached hydrogen (secondary N) is 1. The quantitative estimate of drug-likeness (QED) is 0.686. The highest BCUT2D eigenvalue weighted by molar-refractivity contribution is 7.86. The third-order valence-electron chi connectivity index (χ3n) is 3.08. The van der Waals surface area contributed by atoms with Gasteiger partial charge in [0.1, 0.15) is 4.90 Å². The summed E-state index contributed by atoms with van der Waals surface area (Å²) in [5, 5.41) is 3.05. The summed E-state index contributed by atoms with van der Waals surface area (Å²) in [6.07, 6.45) is 2.08. The highest BCUT2D eigenvalue weighted by atomic mass is 32.2. The molecule has 0 aromatic heterocycles. The summed E-state index contributed by atoms with van der Waals surface area (Å²) in [7, 11) is -4.48. The largest absolute Gasteiger partial charge is 0.382 e. The molecule has 1 atom stereocenters. The molecule has 0 spiro atoms. The second-order valence-electron chi connectivity index (χ2n) is 4.57. The summed E-state index contributed by atoms with van der Waals surface area (Å²) in [6.45, 7) is 1.30. The van der Waals surface area contributed by atoms with Gasteiger partial charge in [-0.1, -0.05) is 0 Å². The highest BCUT2D eigenvalue weighted by Gasteiger charge is 2.20. The number of ether oxygens (including phenoxy) is 1. The standard InChI is InChI=1S/C12H16N2O5S/c13-12(15)10-6-8(3-4-11(10)20(16,17)18)14-7-9-2-1-5-19-9/h3-4,6,9,14H,1-2,5,7H2,(H2,13,15)(H,16,17,18). The summed E-state index contributed by atoms with van der Waals surface area (Å²) >= 11 is 0. The molecule has 8 heteroatoms. The summed E-state index contributed by atoms with van der Waals surface area (Å²) in [5.74, 6) is -0.918. The van der Waals surface area contributed by atoms with E-state index in [0.29, 0.717) is 12.2 Å². The van der Waals surface area contributed by atoms with Gasteiger partial charge in [-0.05, 0) is 31.0 Å². The van der Waals surface area contributed by atoms with Gasteiger partial charge in [0.2, 0.25) is 5.91 Å². The van der Waals surface area contributed by atoms with E-state index in [0.717, 1.165) is 25.5 Å². The molecule has 1 fully saturated rings. The number of nitrogens with two attached hydrogens (primary N) is 1. The number of carbonyl (C=O) groups is 1. The SMILES string of the molecule is NC(=O)c1cc(NCC2CCCO2)ccc1S(=O)(=O)O. The minimum Gasteiger partial charge on any atom is -0.382 e. The average Bonchev–Trinajstić information content (AvgIpc) is 2.88. The zero-order valence-corrected chi connectivity index (χ0v) is 11.5. The molecule has 7 nitrogen and oxygen atoms in total. The highest BCUT2D eigenvalue weighted by Crippen LogP contribution is 2.21. The normalized spacial score (nSPS) is 18.9. The minimum absolute atomic E-state index is 0.105. The Morgan fingerprint density at radius 1 is 1.50 bits per heavy atom. The number of carbonyl (C=O) groups excluding carboxylic acids is 1. The molecule has 1 aliphatic rings. The predicted octanol–water partition coefficient (Wildman–Crippen LogP) is 0.623. The van der Waals surface area contributed by atoms with Crippen molar-refractivity contribution in [1.29, 1.82) is 0 Å². The van der Waals surface area contributed by atoms with E-state index in [-0.39, 0.29) is 11.7 Å². The molecule has 1 saturated heterocycles.